The number of carbonyl (C=O) groups excluding carboxylic acids is 2. The predicted molar refractivity (Wildman–Crippen MR) is 129 cm³/mol. The van der Waals surface area contributed by atoms with Crippen LogP contribution in [0.3, 0.4) is 0 Å². The Balaban J connectivity index is 2.21. The molecule has 34 heavy (non-hydrogen) atoms. The molecule has 0 aromatic heterocycles. The molecule has 0 saturated carbocycles. The zero-order valence-electron chi connectivity index (χ0n) is 18.2. The number of nitrogens with zero attached hydrogens (tertiary/aromatic N) is 1. The third-order valence-electron chi connectivity index (χ3n) is 4.90. The van der Waals surface area contributed by atoms with Crippen LogP contribution in [0, 0.1) is 0 Å². The maximum atomic E-state index is 13.2. The van der Waals surface area contributed by atoms with Crippen molar-refractivity contribution in [2.24, 2.45) is 11.5 Å². The van der Waals surface area contributed by atoms with E-state index in [2.05, 4.69) is 0 Å². The Hall–Kier alpha value is -2.92. The summed E-state index contributed by atoms with van der Waals surface area (Å²) in [5, 5.41) is 19.4. The highest BCUT2D eigenvalue weighted by molar-refractivity contribution is 7.98. The van der Waals surface area contributed by atoms with Gasteiger partial charge in [-0.3, -0.25) is 19.3 Å². The van der Waals surface area contributed by atoms with Crippen molar-refractivity contribution in [2.45, 2.75) is 36.7 Å². The first kappa shape index (κ1) is 27.3. The Morgan fingerprint density at radius 2 is 1.53 bits per heavy atom. The predicted octanol–water partition coefficient (Wildman–Crippen LogP) is 2.27. The number of amides is 2. The first-order chi connectivity index (χ1) is 16.1. The summed E-state index contributed by atoms with van der Waals surface area (Å²) in [4.78, 5) is 49.9. The Kier molecular flexibility index (Phi) is 10.5. The van der Waals surface area contributed by atoms with E-state index in [4.69, 9.17) is 28.2 Å². The number of hydrogen-bond acceptors (Lipinski definition) is 7. The number of halogens is 1. The first-order valence-electron chi connectivity index (χ1n) is 10.3. The third kappa shape index (κ3) is 7.84. The summed E-state index contributed by atoms with van der Waals surface area (Å²) in [6.07, 6.45) is -0.694. The van der Waals surface area contributed by atoms with E-state index in [9.17, 15) is 24.3 Å². The largest absolute Gasteiger partial charge is 0.480 e. The summed E-state index contributed by atoms with van der Waals surface area (Å²) in [6, 6.07) is 10.8. The molecule has 0 saturated heterocycles. The van der Waals surface area contributed by atoms with Crippen molar-refractivity contribution in [3.63, 3.8) is 0 Å². The van der Waals surface area contributed by atoms with E-state index in [1.807, 2.05) is 12.1 Å². The highest BCUT2D eigenvalue weighted by Crippen LogP contribution is 2.25. The fraction of sp³-hybridized carbons (Fsp3) is 0.304. The van der Waals surface area contributed by atoms with Crippen molar-refractivity contribution in [1.29, 1.82) is 0 Å². The maximum Gasteiger partial charge on any atom is 0.331 e. The molecule has 0 radical (unpaired) electrons. The number of imide groups is 1. The summed E-state index contributed by atoms with van der Waals surface area (Å²) in [7, 11) is 0. The quantitative estimate of drug-likeness (QED) is 0.337. The molecule has 0 bridgehead atoms. The second-order valence-electron chi connectivity index (χ2n) is 7.48. The second kappa shape index (κ2) is 13.1. The van der Waals surface area contributed by atoms with Crippen molar-refractivity contribution < 1.29 is 29.4 Å². The SMILES string of the molecule is N[C@@H](CCC(=O)N(C(=O)[C@@H](N)CSCc1ccc(Cl)cc1)[C@@H](C(=O)O)c1ccccc1)C(=O)O. The van der Waals surface area contributed by atoms with Crippen LogP contribution in [0.15, 0.2) is 54.6 Å². The average molecular weight is 508 g/mol. The topological polar surface area (TPSA) is 164 Å². The van der Waals surface area contributed by atoms with Crippen LogP contribution in [-0.2, 0) is 24.9 Å². The molecule has 0 heterocycles. The Morgan fingerprint density at radius 1 is 0.912 bits per heavy atom. The highest BCUT2D eigenvalue weighted by atomic mass is 35.5. The fourth-order valence-electron chi connectivity index (χ4n) is 3.09. The van der Waals surface area contributed by atoms with Gasteiger partial charge in [0.15, 0.2) is 6.04 Å². The summed E-state index contributed by atoms with van der Waals surface area (Å²) >= 11 is 7.22. The van der Waals surface area contributed by atoms with Gasteiger partial charge in [0.25, 0.3) is 0 Å². The summed E-state index contributed by atoms with van der Waals surface area (Å²) in [5.74, 6) is -3.80. The van der Waals surface area contributed by atoms with Crippen LogP contribution in [0.1, 0.15) is 30.0 Å². The molecule has 0 aliphatic heterocycles. The maximum absolute atomic E-state index is 13.2. The lowest BCUT2D eigenvalue weighted by Gasteiger charge is -2.30. The molecule has 182 valence electrons. The minimum atomic E-state index is -1.62. The van der Waals surface area contributed by atoms with Gasteiger partial charge < -0.3 is 21.7 Å². The van der Waals surface area contributed by atoms with Gasteiger partial charge in [-0.1, -0.05) is 54.1 Å². The van der Waals surface area contributed by atoms with Crippen LogP contribution in [0.5, 0.6) is 0 Å². The zero-order chi connectivity index (χ0) is 25.3. The number of benzene rings is 2. The number of rotatable bonds is 12. The van der Waals surface area contributed by atoms with Gasteiger partial charge in [-0.15, -0.1) is 0 Å². The Labute approximate surface area is 206 Å². The fourth-order valence-corrected chi connectivity index (χ4v) is 4.16. The normalized spacial score (nSPS) is 13.5. The highest BCUT2D eigenvalue weighted by Gasteiger charge is 2.38. The number of nitrogens with two attached hydrogens (primary N) is 2. The molecule has 6 N–H and O–H groups in total. The molecule has 0 unspecified atom stereocenters. The van der Waals surface area contributed by atoms with E-state index in [0.29, 0.717) is 15.7 Å². The van der Waals surface area contributed by atoms with Crippen molar-refractivity contribution in [3.8, 4) is 0 Å². The minimum absolute atomic E-state index is 0.126. The number of carbonyl (C=O) groups is 4. The number of carboxylic acids is 2. The molecule has 0 aliphatic rings. The van der Waals surface area contributed by atoms with Gasteiger partial charge in [-0.2, -0.15) is 11.8 Å². The molecule has 0 aliphatic carbocycles. The van der Waals surface area contributed by atoms with E-state index in [1.54, 1.807) is 30.3 Å². The Morgan fingerprint density at radius 3 is 2.09 bits per heavy atom. The molecular formula is C23H26ClN3O6S. The summed E-state index contributed by atoms with van der Waals surface area (Å²) in [5.41, 5.74) is 12.7. The van der Waals surface area contributed by atoms with E-state index in [1.165, 1.54) is 23.9 Å². The molecule has 2 aromatic carbocycles. The van der Waals surface area contributed by atoms with Gasteiger partial charge in [-0.05, 0) is 29.7 Å². The Bertz CT molecular complexity index is 1010. The number of carboxylic acid groups (broad SMARTS) is 2. The molecule has 0 fully saturated rings. The lowest BCUT2D eigenvalue weighted by Crippen LogP contribution is -2.51. The molecule has 11 heteroatoms. The molecular weight excluding hydrogens is 482 g/mol. The van der Waals surface area contributed by atoms with Crippen LogP contribution >= 0.6 is 23.4 Å². The van der Waals surface area contributed by atoms with Gasteiger partial charge in [0, 0.05) is 22.9 Å². The lowest BCUT2D eigenvalue weighted by molar-refractivity contribution is -0.159. The van der Waals surface area contributed by atoms with Crippen LogP contribution in [0.25, 0.3) is 0 Å². The van der Waals surface area contributed by atoms with E-state index in [-0.39, 0.29) is 17.7 Å². The van der Waals surface area contributed by atoms with Gasteiger partial charge in [-0.25, -0.2) is 4.79 Å². The van der Waals surface area contributed by atoms with Gasteiger partial charge >= 0.3 is 11.9 Å². The summed E-state index contributed by atoms with van der Waals surface area (Å²) in [6.45, 7) is 0. The van der Waals surface area contributed by atoms with Crippen LogP contribution < -0.4 is 11.5 Å². The number of hydrogen-bond donors (Lipinski definition) is 4. The number of aliphatic carboxylic acids is 2. The summed E-state index contributed by atoms with van der Waals surface area (Å²) < 4.78 is 0. The van der Waals surface area contributed by atoms with E-state index >= 15 is 0 Å². The van der Waals surface area contributed by atoms with Crippen molar-refractivity contribution in [1.82, 2.24) is 4.90 Å². The molecule has 2 aromatic rings. The molecule has 2 amide bonds. The second-order valence-corrected chi connectivity index (χ2v) is 8.95. The lowest BCUT2D eigenvalue weighted by atomic mass is 10.0. The minimum Gasteiger partial charge on any atom is -0.480 e. The van der Waals surface area contributed by atoms with Gasteiger partial charge in [0.05, 0.1) is 6.04 Å². The van der Waals surface area contributed by atoms with Crippen molar-refractivity contribution in [2.75, 3.05) is 5.75 Å². The standard InChI is InChI=1S/C23H26ClN3O6S/c24-16-8-6-14(7-9-16)12-34-13-18(26)21(29)27(19(28)11-10-17(25)22(30)31)20(23(32)33)15-4-2-1-3-5-15/h1-9,17-18,20H,10-13,25-26H2,(H,30,31)(H,32,33)/t17-,18-,20+/m0/s1. The van der Waals surface area contributed by atoms with Gasteiger partial charge in [0.2, 0.25) is 11.8 Å². The van der Waals surface area contributed by atoms with E-state index in [0.717, 1.165) is 5.56 Å². The van der Waals surface area contributed by atoms with Crippen LogP contribution in [0.4, 0.5) is 0 Å². The first-order valence-corrected chi connectivity index (χ1v) is 11.8. The molecule has 0 spiro atoms. The van der Waals surface area contributed by atoms with Crippen molar-refractivity contribution >= 4 is 47.1 Å². The van der Waals surface area contributed by atoms with Crippen LogP contribution in [0.2, 0.25) is 5.02 Å². The zero-order valence-corrected chi connectivity index (χ0v) is 19.7. The van der Waals surface area contributed by atoms with E-state index < -0.39 is 48.3 Å². The van der Waals surface area contributed by atoms with Crippen LogP contribution in [-0.4, -0.2) is 56.7 Å². The average Bonchev–Trinajstić information content (AvgIpc) is 2.81. The molecule has 2 rings (SSSR count). The van der Waals surface area contributed by atoms with Gasteiger partial charge in [0.1, 0.15) is 6.04 Å². The molecule has 3 atom stereocenters. The molecule has 9 nitrogen and oxygen atoms in total. The van der Waals surface area contributed by atoms with Crippen molar-refractivity contribution in [3.05, 3.63) is 70.7 Å². The number of thioether (sulfide) groups is 1. The monoisotopic (exact) mass is 507 g/mol. The smallest absolute Gasteiger partial charge is 0.331 e. The third-order valence-corrected chi connectivity index (χ3v) is 6.28.